The van der Waals surface area contributed by atoms with E-state index in [9.17, 15) is 4.79 Å². The van der Waals surface area contributed by atoms with Gasteiger partial charge in [0.15, 0.2) is 0 Å². The molecule has 25 heavy (non-hydrogen) atoms. The molecule has 0 aromatic carbocycles. The second-order valence-corrected chi connectivity index (χ2v) is 8.12. The van der Waals surface area contributed by atoms with Crippen molar-refractivity contribution >= 4 is 33.3 Å². The van der Waals surface area contributed by atoms with Crippen LogP contribution in [0.25, 0.3) is 10.2 Å². The van der Waals surface area contributed by atoms with E-state index in [1.165, 1.54) is 43.4 Å². The third-order valence-corrected chi connectivity index (χ3v) is 6.56. The van der Waals surface area contributed by atoms with Crippen LogP contribution in [0.2, 0.25) is 0 Å². The van der Waals surface area contributed by atoms with Gasteiger partial charge in [0.05, 0.1) is 10.3 Å². The van der Waals surface area contributed by atoms with Crippen LogP contribution >= 0.6 is 11.3 Å². The van der Waals surface area contributed by atoms with Crippen LogP contribution in [0.4, 0.5) is 5.82 Å². The molecule has 1 aliphatic carbocycles. The molecule has 0 bridgehead atoms. The van der Waals surface area contributed by atoms with Crippen LogP contribution in [0.5, 0.6) is 0 Å². The molecule has 1 unspecified atom stereocenters. The zero-order valence-electron chi connectivity index (χ0n) is 15.6. The van der Waals surface area contributed by atoms with Gasteiger partial charge in [-0.05, 0) is 38.7 Å². The van der Waals surface area contributed by atoms with Crippen molar-refractivity contribution in [1.29, 1.82) is 0 Å². The lowest BCUT2D eigenvalue weighted by molar-refractivity contribution is 0.0943. The number of amides is 1. The minimum Gasteiger partial charge on any atom is -0.356 e. The summed E-state index contributed by atoms with van der Waals surface area (Å²) in [6.45, 7) is 6.13. The molecule has 136 valence electrons. The van der Waals surface area contributed by atoms with E-state index in [0.717, 1.165) is 32.9 Å². The number of nitrogens with zero attached hydrogens (tertiary/aromatic N) is 3. The lowest BCUT2D eigenvalue weighted by Crippen LogP contribution is -2.34. The maximum Gasteiger partial charge on any atom is 0.261 e. The second-order valence-electron chi connectivity index (χ2n) is 7.12. The molecule has 1 atom stereocenters. The Morgan fingerprint density at radius 1 is 1.36 bits per heavy atom. The molecule has 2 heterocycles. The van der Waals surface area contributed by atoms with Crippen molar-refractivity contribution in [2.45, 2.75) is 71.4 Å². The molecule has 5 nitrogen and oxygen atoms in total. The van der Waals surface area contributed by atoms with Gasteiger partial charge in [-0.15, -0.1) is 11.3 Å². The molecular weight excluding hydrogens is 332 g/mol. The van der Waals surface area contributed by atoms with Crippen LogP contribution in [0, 0.1) is 6.92 Å². The Morgan fingerprint density at radius 2 is 2.08 bits per heavy atom. The van der Waals surface area contributed by atoms with Gasteiger partial charge in [0.1, 0.15) is 17.0 Å². The van der Waals surface area contributed by atoms with Crippen LogP contribution in [0.15, 0.2) is 6.33 Å². The summed E-state index contributed by atoms with van der Waals surface area (Å²) in [7, 11) is 2.13. The summed E-state index contributed by atoms with van der Waals surface area (Å²) >= 11 is 1.47. The van der Waals surface area contributed by atoms with Gasteiger partial charge in [-0.25, -0.2) is 9.97 Å². The van der Waals surface area contributed by atoms with Gasteiger partial charge in [-0.2, -0.15) is 0 Å². The highest BCUT2D eigenvalue weighted by Gasteiger charge is 2.25. The Hall–Kier alpha value is -1.69. The van der Waals surface area contributed by atoms with E-state index >= 15 is 0 Å². The third kappa shape index (κ3) is 3.64. The smallest absolute Gasteiger partial charge is 0.261 e. The average Bonchev–Trinajstić information content (AvgIpc) is 2.99. The summed E-state index contributed by atoms with van der Waals surface area (Å²) in [5.74, 6) is 0.967. The van der Waals surface area contributed by atoms with Gasteiger partial charge in [-0.1, -0.05) is 26.2 Å². The number of fused-ring (bicyclic) bond motifs is 1. The fourth-order valence-electron chi connectivity index (χ4n) is 3.57. The Kier molecular flexibility index (Phi) is 5.57. The second kappa shape index (κ2) is 7.68. The van der Waals surface area contributed by atoms with E-state index in [4.69, 9.17) is 0 Å². The van der Waals surface area contributed by atoms with Gasteiger partial charge >= 0.3 is 0 Å². The fraction of sp³-hybridized carbons (Fsp3) is 0.632. The van der Waals surface area contributed by atoms with Crippen LogP contribution in [-0.2, 0) is 0 Å². The van der Waals surface area contributed by atoms with E-state index < -0.39 is 0 Å². The lowest BCUT2D eigenvalue weighted by atomic mass is 9.94. The Morgan fingerprint density at radius 3 is 2.76 bits per heavy atom. The minimum atomic E-state index is 0.00104. The molecule has 1 saturated carbocycles. The van der Waals surface area contributed by atoms with E-state index in [-0.39, 0.29) is 11.9 Å². The largest absolute Gasteiger partial charge is 0.356 e. The summed E-state index contributed by atoms with van der Waals surface area (Å²) in [6.07, 6.45) is 8.89. The molecule has 1 fully saturated rings. The van der Waals surface area contributed by atoms with Crippen molar-refractivity contribution in [3.63, 3.8) is 0 Å². The molecule has 1 N–H and O–H groups in total. The van der Waals surface area contributed by atoms with Crippen molar-refractivity contribution < 1.29 is 4.79 Å². The van der Waals surface area contributed by atoms with E-state index in [0.29, 0.717) is 6.04 Å². The third-order valence-electron chi connectivity index (χ3n) is 5.36. The Balaban J connectivity index is 1.96. The lowest BCUT2D eigenvalue weighted by Gasteiger charge is -2.32. The average molecular weight is 361 g/mol. The summed E-state index contributed by atoms with van der Waals surface area (Å²) in [4.78, 5) is 25.6. The number of nitrogens with one attached hydrogen (secondary N) is 1. The van der Waals surface area contributed by atoms with E-state index in [1.807, 2.05) is 13.8 Å². The Bertz CT molecular complexity index is 751. The Labute approximate surface area is 153 Å². The number of anilines is 1. The van der Waals surface area contributed by atoms with Crippen LogP contribution in [0.3, 0.4) is 0 Å². The van der Waals surface area contributed by atoms with Crippen LogP contribution in [-0.4, -0.2) is 35.0 Å². The summed E-state index contributed by atoms with van der Waals surface area (Å²) in [6, 6.07) is 0.705. The first-order chi connectivity index (χ1) is 12.0. The highest BCUT2D eigenvalue weighted by Crippen LogP contribution is 2.36. The number of rotatable bonds is 5. The van der Waals surface area contributed by atoms with Gasteiger partial charge in [0.2, 0.25) is 0 Å². The molecule has 2 aromatic heterocycles. The quantitative estimate of drug-likeness (QED) is 0.864. The molecule has 0 spiro atoms. The molecular formula is C19H28N4OS. The molecule has 2 aromatic rings. The zero-order valence-corrected chi connectivity index (χ0v) is 16.4. The number of carbonyl (C=O) groups is 1. The first kappa shape index (κ1) is 18.1. The highest BCUT2D eigenvalue weighted by atomic mass is 32.1. The predicted molar refractivity (Wildman–Crippen MR) is 105 cm³/mol. The molecule has 1 amide bonds. The normalized spacial score (nSPS) is 16.8. The standard InChI is InChI=1S/C19H28N4OS/c1-5-12(2)22-18(24)16-13(3)15-17(20-11-21-19(15)25-16)23(4)14-9-7-6-8-10-14/h11-12,14H,5-10H2,1-4H3,(H,22,24). The zero-order chi connectivity index (χ0) is 18.0. The van der Waals surface area contributed by atoms with Crippen molar-refractivity contribution in [2.24, 2.45) is 0 Å². The first-order valence-corrected chi connectivity index (χ1v) is 10.1. The molecule has 1 aliphatic rings. The minimum absolute atomic E-state index is 0.00104. The summed E-state index contributed by atoms with van der Waals surface area (Å²) in [5.41, 5.74) is 0.999. The van der Waals surface area contributed by atoms with Crippen molar-refractivity contribution in [3.05, 3.63) is 16.8 Å². The van der Waals surface area contributed by atoms with Gasteiger partial charge in [0.25, 0.3) is 5.91 Å². The maximum absolute atomic E-state index is 12.6. The molecule has 0 radical (unpaired) electrons. The number of aromatic nitrogens is 2. The molecule has 0 saturated heterocycles. The van der Waals surface area contributed by atoms with Gasteiger partial charge in [-0.3, -0.25) is 4.79 Å². The van der Waals surface area contributed by atoms with Crippen LogP contribution in [0.1, 0.15) is 67.6 Å². The molecule has 3 rings (SSSR count). The first-order valence-electron chi connectivity index (χ1n) is 9.30. The van der Waals surface area contributed by atoms with Crippen molar-refractivity contribution in [3.8, 4) is 0 Å². The van der Waals surface area contributed by atoms with Crippen molar-refractivity contribution in [2.75, 3.05) is 11.9 Å². The summed E-state index contributed by atoms with van der Waals surface area (Å²) in [5, 5.41) is 4.11. The number of aryl methyl sites for hydroxylation is 1. The van der Waals surface area contributed by atoms with Crippen molar-refractivity contribution in [1.82, 2.24) is 15.3 Å². The maximum atomic E-state index is 12.6. The monoisotopic (exact) mass is 360 g/mol. The molecule has 0 aliphatic heterocycles. The summed E-state index contributed by atoms with van der Waals surface area (Å²) < 4.78 is 0. The number of carbonyl (C=O) groups excluding carboxylic acids is 1. The fourth-order valence-corrected chi connectivity index (χ4v) is 4.62. The van der Waals surface area contributed by atoms with Gasteiger partial charge < -0.3 is 10.2 Å². The topological polar surface area (TPSA) is 58.1 Å². The van der Waals surface area contributed by atoms with Crippen LogP contribution < -0.4 is 10.2 Å². The highest BCUT2D eigenvalue weighted by molar-refractivity contribution is 7.20. The number of hydrogen-bond donors (Lipinski definition) is 1. The number of hydrogen-bond acceptors (Lipinski definition) is 5. The SMILES string of the molecule is CCC(C)NC(=O)c1sc2ncnc(N(C)C3CCCCC3)c2c1C. The van der Waals surface area contributed by atoms with E-state index in [2.05, 4.69) is 34.2 Å². The van der Waals surface area contributed by atoms with Gasteiger partial charge in [0, 0.05) is 19.1 Å². The molecule has 6 heteroatoms. The predicted octanol–water partition coefficient (Wildman–Crippen LogP) is 4.30. The van der Waals surface area contributed by atoms with E-state index in [1.54, 1.807) is 6.33 Å². The number of thiophene rings is 1.